The topological polar surface area (TPSA) is 98.0 Å². The Balaban J connectivity index is -0.0000000315. The summed E-state index contributed by atoms with van der Waals surface area (Å²) in [6.45, 7) is 0. The van der Waals surface area contributed by atoms with Crippen LogP contribution in [0.5, 0.6) is 0 Å². The van der Waals surface area contributed by atoms with E-state index in [4.69, 9.17) is 33.5 Å². The maximum absolute atomic E-state index is 8.88. The zero-order valence-electron chi connectivity index (χ0n) is 3.90. The number of halogens is 2. The summed E-state index contributed by atoms with van der Waals surface area (Å²) in [5, 5.41) is 5.50. The van der Waals surface area contributed by atoms with Crippen molar-refractivity contribution in [3.05, 3.63) is 7.18 Å². The Morgan fingerprint density at radius 2 is 1.10 bits per heavy atom. The van der Waals surface area contributed by atoms with Crippen LogP contribution in [0.25, 0.3) is 0 Å². The molecule has 4 N–H and O–H groups in total. The molecule has 0 heterocycles. The first-order chi connectivity index (χ1) is 4.00. The van der Waals surface area contributed by atoms with Crippen LogP contribution < -0.4 is 0 Å². The third kappa shape index (κ3) is 1740. The fourth-order valence-corrected chi connectivity index (χ4v) is 0. The minimum absolute atomic E-state index is 0. The van der Waals surface area contributed by atoms with Gasteiger partial charge in [-0.1, -0.05) is 4.53 Å². The second kappa shape index (κ2) is 16.3. The van der Waals surface area contributed by atoms with E-state index in [0.29, 0.717) is 0 Å². The van der Waals surface area contributed by atoms with Crippen LogP contribution in [0.1, 0.15) is 0 Å². The standard InChI is InChI=1S/CF.FHO.Li.H3O4P.H/c2*1-2;;1-5(2,3)4;/h;2H;;(H3,1,2,3,4);. The van der Waals surface area contributed by atoms with E-state index in [1.54, 1.807) is 0 Å². The first-order valence-corrected chi connectivity index (χ1v) is 2.71. The van der Waals surface area contributed by atoms with Gasteiger partial charge in [-0.3, -0.25) is 0 Å². The average molecular weight is 173 g/mol. The maximum atomic E-state index is 8.88. The van der Waals surface area contributed by atoms with E-state index in [0.717, 1.165) is 0 Å². The van der Waals surface area contributed by atoms with Crippen molar-refractivity contribution in [1.29, 1.82) is 0 Å². The molecule has 0 saturated heterocycles. The van der Waals surface area contributed by atoms with Crippen molar-refractivity contribution in [2.24, 2.45) is 0 Å². The van der Waals surface area contributed by atoms with E-state index >= 15 is 0 Å². The Morgan fingerprint density at radius 1 is 1.10 bits per heavy atom. The van der Waals surface area contributed by atoms with Crippen molar-refractivity contribution in [2.45, 2.75) is 0 Å². The van der Waals surface area contributed by atoms with Gasteiger partial charge in [-0.25, -0.2) is 14.3 Å². The fraction of sp³-hybridized carbons (Fsp3) is 0. The molecule has 0 saturated carbocycles. The molecule has 3 radical (unpaired) electrons. The minimum atomic E-state index is -4.64. The summed E-state index contributed by atoms with van der Waals surface area (Å²) < 4.78 is 26.1. The molecule has 0 aliphatic heterocycles. The van der Waals surface area contributed by atoms with E-state index in [1.165, 1.54) is 0 Å². The van der Waals surface area contributed by atoms with E-state index < -0.39 is 7.82 Å². The van der Waals surface area contributed by atoms with Crippen molar-refractivity contribution in [3.8, 4) is 0 Å². The van der Waals surface area contributed by atoms with Gasteiger partial charge < -0.3 is 14.7 Å². The van der Waals surface area contributed by atoms with Gasteiger partial charge in [0.1, 0.15) is 0 Å². The van der Waals surface area contributed by atoms with Crippen LogP contribution in [0, 0.1) is 7.18 Å². The molecular formula is CH5F2LiO5P. The first-order valence-electron chi connectivity index (χ1n) is 1.14. The van der Waals surface area contributed by atoms with Crippen LogP contribution >= 0.6 is 7.82 Å². The van der Waals surface area contributed by atoms with Crippen LogP contribution in [0.2, 0.25) is 0 Å². The van der Waals surface area contributed by atoms with Gasteiger partial charge in [0, 0.05) is 0 Å². The predicted molar refractivity (Wildman–Crippen MR) is 29.1 cm³/mol. The van der Waals surface area contributed by atoms with Crippen LogP contribution in [0.3, 0.4) is 0 Å². The first kappa shape index (κ1) is 22.4. The van der Waals surface area contributed by atoms with Gasteiger partial charge >= 0.3 is 26.7 Å². The summed E-state index contributed by atoms with van der Waals surface area (Å²) in [5.41, 5.74) is 0. The van der Waals surface area contributed by atoms with E-state index in [-0.39, 0.29) is 18.9 Å². The number of hydrogen-bond donors (Lipinski definition) is 4. The van der Waals surface area contributed by atoms with Gasteiger partial charge in [0.05, 0.1) is 0 Å². The number of rotatable bonds is 0. The van der Waals surface area contributed by atoms with Crippen LogP contribution in [0.15, 0.2) is 0 Å². The molecule has 0 rings (SSSR count). The van der Waals surface area contributed by atoms with Gasteiger partial charge in [0.2, 0.25) is 7.18 Å². The quantitative estimate of drug-likeness (QED) is 0.272. The number of hydrogen-bond acceptors (Lipinski definition) is 2. The molecular weight excluding hydrogens is 168 g/mol. The summed E-state index contributed by atoms with van der Waals surface area (Å²) in [6, 6.07) is 0. The summed E-state index contributed by atoms with van der Waals surface area (Å²) in [5.74, 6) is 0. The Bertz CT molecular complexity index is 65.8. The van der Waals surface area contributed by atoms with Crippen molar-refractivity contribution >= 4 is 26.7 Å². The molecule has 0 fully saturated rings. The Labute approximate surface area is 68.0 Å². The van der Waals surface area contributed by atoms with Crippen molar-refractivity contribution in [2.75, 3.05) is 0 Å². The van der Waals surface area contributed by atoms with E-state index in [1.807, 2.05) is 0 Å². The Hall–Kier alpha value is 0.527. The Kier molecular flexibility index (Phi) is 36.5. The van der Waals surface area contributed by atoms with Crippen LogP contribution in [-0.4, -0.2) is 38.9 Å². The van der Waals surface area contributed by atoms with Gasteiger partial charge in [0.15, 0.2) is 0 Å². The summed E-state index contributed by atoms with van der Waals surface area (Å²) in [6.07, 6.45) is 0. The SMILES string of the molecule is O=P(O)(O)O.OF.[C]F.[LiH]. The molecule has 9 heteroatoms. The zero-order chi connectivity index (χ0) is 8.50. The zero-order valence-corrected chi connectivity index (χ0v) is 4.79. The molecule has 5 nitrogen and oxygen atoms in total. The van der Waals surface area contributed by atoms with Gasteiger partial charge in [-0.15, -0.1) is 0 Å². The molecule has 0 aliphatic rings. The molecule has 0 aliphatic carbocycles. The molecule has 0 bridgehead atoms. The molecule has 10 heavy (non-hydrogen) atoms. The molecule has 0 atom stereocenters. The predicted octanol–water partition coefficient (Wildman–Crippen LogP) is -1.21. The monoisotopic (exact) mass is 173 g/mol. The van der Waals surface area contributed by atoms with Gasteiger partial charge in [-0.2, -0.15) is 0 Å². The normalized spacial score (nSPS) is 7.10. The van der Waals surface area contributed by atoms with E-state index in [2.05, 4.69) is 7.18 Å². The second-order valence-electron chi connectivity index (χ2n) is 0.513. The fourth-order valence-electron chi connectivity index (χ4n) is 0. The second-order valence-corrected chi connectivity index (χ2v) is 1.54. The molecule has 0 aromatic rings. The molecule has 0 amide bonds. The van der Waals surface area contributed by atoms with Gasteiger partial charge in [0.25, 0.3) is 0 Å². The summed E-state index contributed by atoms with van der Waals surface area (Å²) in [7, 11) is -0.389. The third-order valence-corrected chi connectivity index (χ3v) is 0. The van der Waals surface area contributed by atoms with Crippen molar-refractivity contribution in [3.63, 3.8) is 0 Å². The van der Waals surface area contributed by atoms with Gasteiger partial charge in [-0.05, 0) is 0 Å². The summed E-state index contributed by atoms with van der Waals surface area (Å²) in [4.78, 5) is 21.6. The molecule has 0 spiro atoms. The van der Waals surface area contributed by atoms with Crippen molar-refractivity contribution < 1.29 is 33.5 Å². The van der Waals surface area contributed by atoms with E-state index in [9.17, 15) is 0 Å². The molecule has 0 aromatic carbocycles. The molecule has 59 valence electrons. The Morgan fingerprint density at radius 3 is 1.10 bits per heavy atom. The third-order valence-electron chi connectivity index (χ3n) is 0. The van der Waals surface area contributed by atoms with Crippen molar-refractivity contribution in [1.82, 2.24) is 0 Å². The average Bonchev–Trinajstić information content (AvgIpc) is 1.72. The molecule has 0 unspecified atom stereocenters. The van der Waals surface area contributed by atoms with Crippen LogP contribution in [-0.2, 0) is 4.57 Å². The molecule has 0 aromatic heterocycles. The van der Waals surface area contributed by atoms with Crippen LogP contribution in [0.4, 0.5) is 8.92 Å². The summed E-state index contributed by atoms with van der Waals surface area (Å²) >= 11 is 0. The number of phosphoric acid groups is 1.